The molecule has 0 aromatic heterocycles. The number of carbonyl (C=O) groups excluding carboxylic acids is 2. The molecule has 0 radical (unpaired) electrons. The van der Waals surface area contributed by atoms with Gasteiger partial charge in [0, 0.05) is 32.6 Å². The third-order valence-electron chi connectivity index (χ3n) is 6.71. The van der Waals surface area contributed by atoms with Gasteiger partial charge in [0.25, 0.3) is 5.91 Å². The van der Waals surface area contributed by atoms with Crippen LogP contribution >= 0.6 is 0 Å². The molecule has 1 heterocycles. The summed E-state index contributed by atoms with van der Waals surface area (Å²) in [6, 6.07) is 4.69. The van der Waals surface area contributed by atoms with Gasteiger partial charge < -0.3 is 9.64 Å². The molecule has 3 atom stereocenters. The Bertz CT molecular complexity index is 896. The maximum absolute atomic E-state index is 13.1. The van der Waals surface area contributed by atoms with E-state index in [1.54, 1.807) is 0 Å². The summed E-state index contributed by atoms with van der Waals surface area (Å²) in [6.45, 7) is 0.436. The first-order chi connectivity index (χ1) is 14.3. The van der Waals surface area contributed by atoms with Gasteiger partial charge in [-0.3, -0.25) is 9.59 Å². The van der Waals surface area contributed by atoms with E-state index in [2.05, 4.69) is 0 Å². The number of hydrogen-bond acceptors (Lipinski definition) is 5. The molecule has 1 aromatic rings. The molecule has 4 rings (SSSR count). The average Bonchev–Trinajstić information content (AvgIpc) is 3.35. The topological polar surface area (TPSA) is 84.0 Å². The van der Waals surface area contributed by atoms with Gasteiger partial charge in [-0.15, -0.1) is 0 Å². The lowest BCUT2D eigenvalue weighted by Gasteiger charge is -2.33. The SMILES string of the molecule is O=C(CC1CC2CCC1C2)OCC(=O)N1CCN(S(=O)(=O)c2ccc(F)cc2)CC1. The number of carbonyl (C=O) groups is 2. The van der Waals surface area contributed by atoms with E-state index in [0.717, 1.165) is 24.5 Å². The average molecular weight is 439 g/mol. The lowest BCUT2D eigenvalue weighted by Crippen LogP contribution is -2.51. The summed E-state index contributed by atoms with van der Waals surface area (Å²) >= 11 is 0. The van der Waals surface area contributed by atoms with Gasteiger partial charge in [0.1, 0.15) is 5.82 Å². The summed E-state index contributed by atoms with van der Waals surface area (Å²) in [7, 11) is -3.73. The molecule has 0 spiro atoms. The predicted octanol–water partition coefficient (Wildman–Crippen LogP) is 2.03. The quantitative estimate of drug-likeness (QED) is 0.635. The van der Waals surface area contributed by atoms with E-state index in [1.165, 1.54) is 40.6 Å². The Labute approximate surface area is 176 Å². The van der Waals surface area contributed by atoms with Gasteiger partial charge in [0.05, 0.1) is 4.90 Å². The fourth-order valence-electron chi connectivity index (χ4n) is 5.07. The molecule has 0 N–H and O–H groups in total. The standard InChI is InChI=1S/C21H27FN2O5S/c22-18-3-5-19(6-4-18)30(27,28)24-9-7-23(8-10-24)20(25)14-29-21(26)13-17-12-15-1-2-16(17)11-15/h3-6,15-17H,1-2,7-14H2. The molecule has 2 saturated carbocycles. The van der Waals surface area contributed by atoms with Crippen molar-refractivity contribution in [2.45, 2.75) is 37.0 Å². The van der Waals surface area contributed by atoms with E-state index >= 15 is 0 Å². The van der Waals surface area contributed by atoms with E-state index in [9.17, 15) is 22.4 Å². The maximum atomic E-state index is 13.1. The summed E-state index contributed by atoms with van der Waals surface area (Å²) in [6.07, 6.45) is 5.18. The molecule has 9 heteroatoms. The van der Waals surface area contributed by atoms with Crippen LogP contribution in [0.25, 0.3) is 0 Å². The number of hydrogen-bond donors (Lipinski definition) is 0. The normalized spacial score (nSPS) is 26.7. The number of fused-ring (bicyclic) bond motifs is 2. The van der Waals surface area contributed by atoms with Crippen molar-refractivity contribution in [3.8, 4) is 0 Å². The van der Waals surface area contributed by atoms with Crippen LogP contribution in [0.2, 0.25) is 0 Å². The summed E-state index contributed by atoms with van der Waals surface area (Å²) < 4.78 is 44.8. The third kappa shape index (κ3) is 4.51. The number of amides is 1. The van der Waals surface area contributed by atoms with Gasteiger partial charge in [-0.2, -0.15) is 4.31 Å². The van der Waals surface area contributed by atoms with Crippen LogP contribution < -0.4 is 0 Å². The molecule has 2 bridgehead atoms. The first-order valence-corrected chi connectivity index (χ1v) is 12.0. The zero-order valence-electron chi connectivity index (χ0n) is 16.8. The number of esters is 1. The van der Waals surface area contributed by atoms with Crippen LogP contribution in [0.15, 0.2) is 29.2 Å². The van der Waals surface area contributed by atoms with Crippen LogP contribution in [0.1, 0.15) is 32.1 Å². The van der Waals surface area contributed by atoms with Gasteiger partial charge in [0.15, 0.2) is 6.61 Å². The minimum atomic E-state index is -3.73. The van der Waals surface area contributed by atoms with E-state index in [4.69, 9.17) is 4.74 Å². The molecule has 3 aliphatic rings. The monoisotopic (exact) mass is 438 g/mol. The Morgan fingerprint density at radius 3 is 2.33 bits per heavy atom. The molecule has 7 nitrogen and oxygen atoms in total. The second-order valence-electron chi connectivity index (χ2n) is 8.54. The molecular formula is C21H27FN2O5S. The number of nitrogens with zero attached hydrogens (tertiary/aromatic N) is 2. The Hall–Kier alpha value is -2.00. The second kappa shape index (κ2) is 8.63. The molecule has 3 fully saturated rings. The molecule has 1 aliphatic heterocycles. The largest absolute Gasteiger partial charge is 0.456 e. The number of halogens is 1. The molecule has 30 heavy (non-hydrogen) atoms. The number of benzene rings is 1. The third-order valence-corrected chi connectivity index (χ3v) is 8.63. The highest BCUT2D eigenvalue weighted by molar-refractivity contribution is 7.89. The van der Waals surface area contributed by atoms with E-state index in [1.807, 2.05) is 0 Å². The highest BCUT2D eigenvalue weighted by Gasteiger charge is 2.40. The minimum absolute atomic E-state index is 0.0261. The first-order valence-electron chi connectivity index (χ1n) is 10.5. The van der Waals surface area contributed by atoms with Crippen molar-refractivity contribution < 1.29 is 27.1 Å². The van der Waals surface area contributed by atoms with Crippen molar-refractivity contribution in [3.63, 3.8) is 0 Å². The van der Waals surface area contributed by atoms with Gasteiger partial charge in [-0.1, -0.05) is 6.42 Å². The fraction of sp³-hybridized carbons (Fsp3) is 0.619. The molecule has 1 amide bonds. The predicted molar refractivity (Wildman–Crippen MR) is 106 cm³/mol. The lowest BCUT2D eigenvalue weighted by atomic mass is 9.86. The Morgan fingerprint density at radius 2 is 1.73 bits per heavy atom. The first kappa shape index (κ1) is 21.2. The summed E-state index contributed by atoms with van der Waals surface area (Å²) in [4.78, 5) is 26.0. The molecule has 1 saturated heterocycles. The highest BCUT2D eigenvalue weighted by Crippen LogP contribution is 2.49. The number of sulfonamides is 1. The van der Waals surface area contributed by atoms with Crippen molar-refractivity contribution >= 4 is 21.9 Å². The van der Waals surface area contributed by atoms with Crippen molar-refractivity contribution in [2.24, 2.45) is 17.8 Å². The Balaban J connectivity index is 1.22. The van der Waals surface area contributed by atoms with Crippen molar-refractivity contribution in [3.05, 3.63) is 30.1 Å². The molecule has 1 aromatic carbocycles. The van der Waals surface area contributed by atoms with Crippen LogP contribution in [-0.4, -0.2) is 62.3 Å². The van der Waals surface area contributed by atoms with Crippen molar-refractivity contribution in [1.82, 2.24) is 9.21 Å². The lowest BCUT2D eigenvalue weighted by molar-refractivity contribution is -0.153. The fourth-order valence-corrected chi connectivity index (χ4v) is 6.49. The number of piperazine rings is 1. The van der Waals surface area contributed by atoms with Crippen LogP contribution in [0, 0.1) is 23.6 Å². The molecule has 164 valence electrons. The van der Waals surface area contributed by atoms with Crippen molar-refractivity contribution in [2.75, 3.05) is 32.8 Å². The Morgan fingerprint density at radius 1 is 1.03 bits per heavy atom. The van der Waals surface area contributed by atoms with Gasteiger partial charge in [-0.05, 0) is 61.3 Å². The number of rotatable bonds is 6. The van der Waals surface area contributed by atoms with Gasteiger partial charge in [0.2, 0.25) is 10.0 Å². The van der Waals surface area contributed by atoms with E-state index < -0.39 is 15.8 Å². The summed E-state index contributed by atoms with van der Waals surface area (Å²) in [5, 5.41) is 0. The van der Waals surface area contributed by atoms with Gasteiger partial charge >= 0.3 is 5.97 Å². The Kier molecular flexibility index (Phi) is 6.11. The van der Waals surface area contributed by atoms with Gasteiger partial charge in [-0.25, -0.2) is 12.8 Å². The van der Waals surface area contributed by atoms with Crippen LogP contribution in [0.4, 0.5) is 4.39 Å². The van der Waals surface area contributed by atoms with Crippen LogP contribution in [-0.2, 0) is 24.3 Å². The van der Waals surface area contributed by atoms with Crippen LogP contribution in [0.3, 0.4) is 0 Å². The second-order valence-corrected chi connectivity index (χ2v) is 10.5. The zero-order valence-corrected chi connectivity index (χ0v) is 17.7. The summed E-state index contributed by atoms with van der Waals surface area (Å²) in [5.41, 5.74) is 0. The smallest absolute Gasteiger partial charge is 0.306 e. The van der Waals surface area contributed by atoms with Crippen LogP contribution in [0.5, 0.6) is 0 Å². The van der Waals surface area contributed by atoms with E-state index in [-0.39, 0.29) is 49.6 Å². The number of ether oxygens (including phenoxy) is 1. The molecule has 3 unspecified atom stereocenters. The molecule has 2 aliphatic carbocycles. The highest BCUT2D eigenvalue weighted by atomic mass is 32.2. The minimum Gasteiger partial charge on any atom is -0.456 e. The molecular weight excluding hydrogens is 411 g/mol. The van der Waals surface area contributed by atoms with E-state index in [0.29, 0.717) is 18.3 Å². The summed E-state index contributed by atoms with van der Waals surface area (Å²) in [5.74, 6) is 0.658. The van der Waals surface area contributed by atoms with Crippen molar-refractivity contribution in [1.29, 1.82) is 0 Å². The zero-order chi connectivity index (χ0) is 21.3. The maximum Gasteiger partial charge on any atom is 0.306 e.